The van der Waals surface area contributed by atoms with Crippen LogP contribution in [-0.2, 0) is 23.9 Å². The summed E-state index contributed by atoms with van der Waals surface area (Å²) in [6.07, 6.45) is 6.24. The van der Waals surface area contributed by atoms with Crippen molar-refractivity contribution >= 4 is 40.4 Å². The van der Waals surface area contributed by atoms with Gasteiger partial charge in [0.25, 0.3) is 5.91 Å². The summed E-state index contributed by atoms with van der Waals surface area (Å²) < 4.78 is 5.77. The number of amides is 2. The molecule has 1 aromatic carbocycles. The molecule has 2 amide bonds. The van der Waals surface area contributed by atoms with E-state index < -0.39 is 30.1 Å². The molecule has 1 fully saturated rings. The van der Waals surface area contributed by atoms with Crippen molar-refractivity contribution in [3.63, 3.8) is 0 Å². The summed E-state index contributed by atoms with van der Waals surface area (Å²) in [5, 5.41) is 6.05. The Balaban J connectivity index is 1.64. The van der Waals surface area contributed by atoms with E-state index in [1.165, 1.54) is 5.01 Å². The van der Waals surface area contributed by atoms with Crippen molar-refractivity contribution in [1.29, 1.82) is 0 Å². The van der Waals surface area contributed by atoms with E-state index in [4.69, 9.17) is 4.74 Å². The number of ketones is 1. The monoisotopic (exact) mass is 520 g/mol. The normalized spacial score (nSPS) is 26.8. The number of carbonyl (C=O) groups excluding carboxylic acids is 4. The molecule has 9 heteroatoms. The number of hydrogen-bond acceptors (Lipinski definition) is 7. The molecular formula is C29H36N4O5. The highest BCUT2D eigenvalue weighted by atomic mass is 16.5. The van der Waals surface area contributed by atoms with Gasteiger partial charge in [0.05, 0.1) is 5.69 Å². The van der Waals surface area contributed by atoms with Crippen molar-refractivity contribution in [3.8, 4) is 0 Å². The molecular weight excluding hydrogens is 484 g/mol. The van der Waals surface area contributed by atoms with Crippen molar-refractivity contribution in [2.45, 2.75) is 71.6 Å². The third-order valence-corrected chi connectivity index (χ3v) is 7.22. The smallest absolute Gasteiger partial charge is 0.325 e. The fourth-order valence-electron chi connectivity index (χ4n) is 4.85. The van der Waals surface area contributed by atoms with Crippen molar-refractivity contribution in [1.82, 2.24) is 20.7 Å². The molecule has 2 aliphatic heterocycles. The number of hydrazine groups is 1. The molecule has 202 valence electrons. The van der Waals surface area contributed by atoms with Gasteiger partial charge in [-0.3, -0.25) is 29.2 Å². The zero-order chi connectivity index (χ0) is 27.4. The average molecular weight is 521 g/mol. The lowest BCUT2D eigenvalue weighted by molar-refractivity contribution is -0.157. The molecule has 9 nitrogen and oxygen atoms in total. The summed E-state index contributed by atoms with van der Waals surface area (Å²) in [5.41, 5.74) is 4.53. The first-order valence-electron chi connectivity index (χ1n) is 13.3. The van der Waals surface area contributed by atoms with Crippen LogP contribution in [0.4, 0.5) is 0 Å². The second kappa shape index (κ2) is 11.9. The number of fused-ring (bicyclic) bond motifs is 4. The maximum Gasteiger partial charge on any atom is 0.325 e. The first-order chi connectivity index (χ1) is 18.1. The number of esters is 1. The van der Waals surface area contributed by atoms with Gasteiger partial charge in [0.1, 0.15) is 24.0 Å². The second-order valence-corrected chi connectivity index (χ2v) is 10.5. The Kier molecular flexibility index (Phi) is 8.56. The van der Waals surface area contributed by atoms with Crippen LogP contribution in [0.1, 0.15) is 70.7 Å². The molecule has 3 heterocycles. The number of cyclic esters (lactones) is 1. The molecule has 0 spiro atoms. The van der Waals surface area contributed by atoms with E-state index in [1.54, 1.807) is 25.3 Å². The predicted octanol–water partition coefficient (Wildman–Crippen LogP) is 3.49. The average Bonchev–Trinajstić information content (AvgIpc) is 2.90. The SMILES string of the molecule is CC1OC(=O)[C@@H]2CCCN(N2)C(=O)[C@H](C)NC(=O)[C@H](C(C)C)CC(=O)C/C=C\c2cc3cc1ccc3cn2. The maximum absolute atomic E-state index is 13.1. The Labute approximate surface area is 223 Å². The van der Waals surface area contributed by atoms with Crippen LogP contribution in [0.15, 0.2) is 36.5 Å². The van der Waals surface area contributed by atoms with Crippen molar-refractivity contribution < 1.29 is 23.9 Å². The van der Waals surface area contributed by atoms with Crippen LogP contribution >= 0.6 is 0 Å². The summed E-state index contributed by atoms with van der Waals surface area (Å²) >= 11 is 0. The van der Waals surface area contributed by atoms with Crippen LogP contribution < -0.4 is 10.7 Å². The van der Waals surface area contributed by atoms with E-state index in [0.29, 0.717) is 25.1 Å². The van der Waals surface area contributed by atoms with Crippen LogP contribution in [0.2, 0.25) is 0 Å². The summed E-state index contributed by atoms with van der Waals surface area (Å²) in [4.78, 5) is 56.4. The van der Waals surface area contributed by atoms with Crippen LogP contribution in [-0.4, -0.2) is 52.2 Å². The zero-order valence-electron chi connectivity index (χ0n) is 22.4. The number of benzene rings is 1. The quantitative estimate of drug-likeness (QED) is 0.553. The molecule has 4 rings (SSSR count). The predicted molar refractivity (Wildman–Crippen MR) is 143 cm³/mol. The minimum atomic E-state index is -0.821. The highest BCUT2D eigenvalue weighted by molar-refractivity contribution is 5.92. The molecule has 2 aromatic rings. The van der Waals surface area contributed by atoms with Crippen molar-refractivity contribution in [2.24, 2.45) is 11.8 Å². The van der Waals surface area contributed by atoms with Gasteiger partial charge in [-0.25, -0.2) is 5.43 Å². The molecule has 38 heavy (non-hydrogen) atoms. The molecule has 5 bridgehead atoms. The summed E-state index contributed by atoms with van der Waals surface area (Å²) in [6, 6.07) is 6.24. The Morgan fingerprint density at radius 2 is 1.87 bits per heavy atom. The Bertz CT molecular complexity index is 1260. The molecule has 0 radical (unpaired) electrons. The van der Waals surface area contributed by atoms with Gasteiger partial charge in [-0.05, 0) is 61.8 Å². The third kappa shape index (κ3) is 6.45. The van der Waals surface area contributed by atoms with Gasteiger partial charge in [0, 0.05) is 36.9 Å². The van der Waals surface area contributed by atoms with Gasteiger partial charge < -0.3 is 10.1 Å². The number of rotatable bonds is 1. The van der Waals surface area contributed by atoms with E-state index in [-0.39, 0.29) is 36.4 Å². The zero-order valence-corrected chi connectivity index (χ0v) is 22.4. The Hall–Kier alpha value is -3.59. The molecule has 1 saturated heterocycles. The molecule has 0 aliphatic carbocycles. The summed E-state index contributed by atoms with van der Waals surface area (Å²) in [7, 11) is 0. The Morgan fingerprint density at radius 1 is 1.08 bits per heavy atom. The number of allylic oxidation sites excluding steroid dienone is 1. The molecule has 0 saturated carbocycles. The molecule has 2 aliphatic rings. The Morgan fingerprint density at radius 3 is 2.63 bits per heavy atom. The van der Waals surface area contributed by atoms with Crippen LogP contribution in [0, 0.1) is 11.8 Å². The molecule has 2 N–H and O–H groups in total. The second-order valence-electron chi connectivity index (χ2n) is 10.5. The topological polar surface area (TPSA) is 118 Å². The number of nitrogens with zero attached hydrogens (tertiary/aromatic N) is 2. The molecule has 1 unspecified atom stereocenters. The van der Waals surface area contributed by atoms with Gasteiger partial charge in [-0.15, -0.1) is 0 Å². The van der Waals surface area contributed by atoms with Gasteiger partial charge in [0.15, 0.2) is 0 Å². The summed E-state index contributed by atoms with van der Waals surface area (Å²) in [5.74, 6) is -1.82. The minimum Gasteiger partial charge on any atom is -0.457 e. The lowest BCUT2D eigenvalue weighted by Crippen LogP contribution is -2.59. The lowest BCUT2D eigenvalue weighted by Gasteiger charge is -2.35. The fraction of sp³-hybridized carbons (Fsp3) is 0.483. The van der Waals surface area contributed by atoms with Gasteiger partial charge in [-0.2, -0.15) is 0 Å². The van der Waals surface area contributed by atoms with Crippen molar-refractivity contribution in [3.05, 3.63) is 47.8 Å². The number of nitrogens with one attached hydrogen (secondary N) is 2. The minimum absolute atomic E-state index is 0.0620. The number of Topliss-reactive ketones (excluding diaryl/α,β-unsaturated/α-hetero) is 1. The number of ether oxygens (including phenoxy) is 1. The lowest BCUT2D eigenvalue weighted by atomic mass is 9.89. The number of carbonyl (C=O) groups is 4. The van der Waals surface area contributed by atoms with E-state index in [9.17, 15) is 19.2 Å². The van der Waals surface area contributed by atoms with Crippen molar-refractivity contribution in [2.75, 3.05) is 6.54 Å². The maximum atomic E-state index is 13.1. The van der Waals surface area contributed by atoms with Crippen LogP contribution in [0.25, 0.3) is 16.8 Å². The largest absolute Gasteiger partial charge is 0.457 e. The highest BCUT2D eigenvalue weighted by Crippen LogP contribution is 2.25. The van der Waals surface area contributed by atoms with Crippen LogP contribution in [0.5, 0.6) is 0 Å². The summed E-state index contributed by atoms with van der Waals surface area (Å²) in [6.45, 7) is 7.62. The van der Waals surface area contributed by atoms with Gasteiger partial charge in [-0.1, -0.05) is 32.1 Å². The standard InChI is InChI=1S/C29H36N4O5/c1-17(2)25-15-24(34)8-5-7-23-14-22-13-20(10-11-21(22)16-30-23)19(4)38-29(37)26-9-6-12-33(32-26)28(36)18(3)31-27(25)35/h5,7,10-11,13-14,16-19,25-26,32H,6,8-9,12,15H2,1-4H3,(H,31,35)/b7-5-/t18-,19?,25-,26-/m0/s1. The first kappa shape index (κ1) is 27.4. The first-order valence-corrected chi connectivity index (χ1v) is 13.3. The highest BCUT2D eigenvalue weighted by Gasteiger charge is 2.33. The van der Waals surface area contributed by atoms with E-state index in [1.807, 2.05) is 45.0 Å². The molecule has 4 atom stereocenters. The van der Waals surface area contributed by atoms with E-state index >= 15 is 0 Å². The van der Waals surface area contributed by atoms with Gasteiger partial charge in [0.2, 0.25) is 5.91 Å². The van der Waals surface area contributed by atoms with E-state index in [2.05, 4.69) is 15.7 Å². The van der Waals surface area contributed by atoms with E-state index in [0.717, 1.165) is 16.3 Å². The third-order valence-electron chi connectivity index (χ3n) is 7.22. The molecule has 1 aromatic heterocycles. The van der Waals surface area contributed by atoms with Crippen LogP contribution in [0.3, 0.4) is 0 Å². The fourth-order valence-corrected chi connectivity index (χ4v) is 4.85. The number of pyridine rings is 1. The van der Waals surface area contributed by atoms with Gasteiger partial charge >= 0.3 is 5.97 Å². The number of aromatic nitrogens is 1. The number of hydrogen-bond donors (Lipinski definition) is 2.